The Morgan fingerprint density at radius 3 is 2.64 bits per heavy atom. The van der Waals surface area contributed by atoms with E-state index in [-0.39, 0.29) is 5.69 Å². The van der Waals surface area contributed by atoms with Crippen LogP contribution in [0.25, 0.3) is 5.69 Å². The zero-order valence-electron chi connectivity index (χ0n) is 15.7. The Kier molecular flexibility index (Phi) is 5.17. The summed E-state index contributed by atoms with van der Waals surface area (Å²) in [6, 6.07) is 11.0. The van der Waals surface area contributed by atoms with Gasteiger partial charge in [0, 0.05) is 30.5 Å². The molecule has 0 spiro atoms. The summed E-state index contributed by atoms with van der Waals surface area (Å²) >= 11 is 0. The van der Waals surface area contributed by atoms with Gasteiger partial charge in [-0.25, -0.2) is 15.0 Å². The molecule has 0 bridgehead atoms. The van der Waals surface area contributed by atoms with E-state index >= 15 is 0 Å². The number of likely N-dealkylation sites (N-methyl/N-ethyl adjacent to an activating group) is 1. The quantitative estimate of drug-likeness (QED) is 0.684. The number of rotatable bonds is 6. The fourth-order valence-corrected chi connectivity index (χ4v) is 3.40. The molecule has 28 heavy (non-hydrogen) atoms. The summed E-state index contributed by atoms with van der Waals surface area (Å²) in [6.45, 7) is 5.31. The Labute approximate surface area is 163 Å². The predicted molar refractivity (Wildman–Crippen MR) is 108 cm³/mol. The van der Waals surface area contributed by atoms with E-state index in [1.807, 2.05) is 16.8 Å². The maximum Gasteiger partial charge on any atom is 0.158 e. The van der Waals surface area contributed by atoms with Crippen molar-refractivity contribution in [3.8, 4) is 11.8 Å². The van der Waals surface area contributed by atoms with E-state index in [4.69, 9.17) is 5.26 Å². The van der Waals surface area contributed by atoms with Crippen LogP contribution in [-0.4, -0.2) is 45.2 Å². The maximum atomic E-state index is 8.78. The molecule has 2 aromatic heterocycles. The molecule has 8 heteroatoms. The van der Waals surface area contributed by atoms with Crippen molar-refractivity contribution in [1.29, 1.82) is 5.26 Å². The zero-order chi connectivity index (χ0) is 19.3. The van der Waals surface area contributed by atoms with Crippen molar-refractivity contribution in [3.63, 3.8) is 0 Å². The molecule has 1 fully saturated rings. The highest BCUT2D eigenvalue weighted by Gasteiger charge is 2.21. The average Bonchev–Trinajstić information content (AvgIpc) is 3.39. The second kappa shape index (κ2) is 8.06. The van der Waals surface area contributed by atoms with E-state index in [0.29, 0.717) is 17.7 Å². The molecule has 3 heterocycles. The number of hydrogen-bond donors (Lipinski definition) is 2. The van der Waals surface area contributed by atoms with Crippen LogP contribution >= 0.6 is 0 Å². The summed E-state index contributed by atoms with van der Waals surface area (Å²) in [7, 11) is 0. The van der Waals surface area contributed by atoms with E-state index in [1.165, 1.54) is 24.5 Å². The van der Waals surface area contributed by atoms with Gasteiger partial charge in [0.05, 0.1) is 18.6 Å². The molecule has 1 atom stereocenters. The van der Waals surface area contributed by atoms with Crippen molar-refractivity contribution in [1.82, 2.24) is 24.8 Å². The van der Waals surface area contributed by atoms with Crippen LogP contribution in [0.5, 0.6) is 0 Å². The summed E-state index contributed by atoms with van der Waals surface area (Å²) in [4.78, 5) is 14.9. The largest absolute Gasteiger partial charge is 0.370 e. The van der Waals surface area contributed by atoms with Gasteiger partial charge in [0.25, 0.3) is 0 Å². The van der Waals surface area contributed by atoms with Gasteiger partial charge in [-0.3, -0.25) is 0 Å². The minimum Gasteiger partial charge on any atom is -0.370 e. The topological polar surface area (TPSA) is 94.7 Å². The van der Waals surface area contributed by atoms with Gasteiger partial charge in [0.15, 0.2) is 5.69 Å². The SMILES string of the molecule is CCNC1CCN(c2ccc(-n3cnc(Nc4cnc(C#N)cn4)c3)cc2)C1. The molecular formula is C20H22N8. The highest BCUT2D eigenvalue weighted by atomic mass is 15.2. The van der Waals surface area contributed by atoms with Crippen molar-refractivity contribution >= 4 is 17.3 Å². The van der Waals surface area contributed by atoms with Crippen LogP contribution in [0.4, 0.5) is 17.3 Å². The summed E-state index contributed by atoms with van der Waals surface area (Å²) in [6.07, 6.45) is 7.78. The number of nitrogens with one attached hydrogen (secondary N) is 2. The lowest BCUT2D eigenvalue weighted by Crippen LogP contribution is -2.32. The van der Waals surface area contributed by atoms with Gasteiger partial charge in [-0.1, -0.05) is 6.92 Å². The molecule has 142 valence electrons. The number of anilines is 3. The molecule has 0 amide bonds. The van der Waals surface area contributed by atoms with Crippen molar-refractivity contribution in [2.24, 2.45) is 0 Å². The summed E-state index contributed by atoms with van der Waals surface area (Å²) in [5, 5.41) is 15.4. The van der Waals surface area contributed by atoms with Crippen LogP contribution in [-0.2, 0) is 0 Å². The standard InChI is InChI=1S/C20H22N8/c1-2-22-15-7-8-27(12-15)17-3-5-18(6-4-17)28-13-20(25-14-28)26-19-11-23-16(9-21)10-24-19/h3-6,10-11,13-15,22H,2,7-8,12H2,1H3,(H,24,26). The van der Waals surface area contributed by atoms with Crippen molar-refractivity contribution in [2.45, 2.75) is 19.4 Å². The molecule has 1 unspecified atom stereocenters. The van der Waals surface area contributed by atoms with E-state index in [1.54, 1.807) is 6.33 Å². The van der Waals surface area contributed by atoms with Crippen LogP contribution in [0.15, 0.2) is 49.2 Å². The highest BCUT2D eigenvalue weighted by Crippen LogP contribution is 2.23. The fraction of sp³-hybridized carbons (Fsp3) is 0.300. The van der Waals surface area contributed by atoms with Gasteiger partial charge in [-0.05, 0) is 37.2 Å². The Bertz CT molecular complexity index is 955. The normalized spacial score (nSPS) is 16.1. The molecule has 4 rings (SSSR count). The van der Waals surface area contributed by atoms with Crippen LogP contribution in [0.2, 0.25) is 0 Å². The molecule has 1 saturated heterocycles. The third-order valence-electron chi connectivity index (χ3n) is 4.80. The van der Waals surface area contributed by atoms with Crippen molar-refractivity contribution < 1.29 is 0 Å². The summed E-state index contributed by atoms with van der Waals surface area (Å²) < 4.78 is 1.95. The van der Waals surface area contributed by atoms with E-state index in [2.05, 4.69) is 61.7 Å². The number of aromatic nitrogens is 4. The fourth-order valence-electron chi connectivity index (χ4n) is 3.40. The first kappa shape index (κ1) is 17.9. The number of imidazole rings is 1. The van der Waals surface area contributed by atoms with Gasteiger partial charge >= 0.3 is 0 Å². The molecular weight excluding hydrogens is 352 g/mol. The first-order chi connectivity index (χ1) is 13.7. The molecule has 8 nitrogen and oxygen atoms in total. The molecule has 1 aliphatic rings. The second-order valence-corrected chi connectivity index (χ2v) is 6.70. The number of nitriles is 1. The van der Waals surface area contributed by atoms with Crippen LogP contribution in [0, 0.1) is 11.3 Å². The van der Waals surface area contributed by atoms with Crippen LogP contribution < -0.4 is 15.5 Å². The van der Waals surface area contributed by atoms with Crippen molar-refractivity contribution in [2.75, 3.05) is 29.9 Å². The maximum absolute atomic E-state index is 8.78. The smallest absolute Gasteiger partial charge is 0.158 e. The number of nitrogens with zero attached hydrogens (tertiary/aromatic N) is 6. The minimum absolute atomic E-state index is 0.283. The lowest BCUT2D eigenvalue weighted by molar-refractivity contribution is 0.572. The predicted octanol–water partition coefficient (Wildman–Crippen LogP) is 2.47. The zero-order valence-corrected chi connectivity index (χ0v) is 15.7. The summed E-state index contributed by atoms with van der Waals surface area (Å²) in [5.74, 6) is 1.21. The van der Waals surface area contributed by atoms with Gasteiger partial charge in [0.1, 0.15) is 24.0 Å². The first-order valence-corrected chi connectivity index (χ1v) is 9.37. The lowest BCUT2D eigenvalue weighted by atomic mass is 10.2. The molecule has 0 saturated carbocycles. The van der Waals surface area contributed by atoms with Crippen LogP contribution in [0.3, 0.4) is 0 Å². The van der Waals surface area contributed by atoms with Gasteiger partial charge in [-0.15, -0.1) is 0 Å². The van der Waals surface area contributed by atoms with Gasteiger partial charge in [-0.2, -0.15) is 5.26 Å². The minimum atomic E-state index is 0.283. The third kappa shape index (κ3) is 3.94. The lowest BCUT2D eigenvalue weighted by Gasteiger charge is -2.19. The molecule has 1 aromatic carbocycles. The first-order valence-electron chi connectivity index (χ1n) is 9.37. The molecule has 0 aliphatic carbocycles. The Hall–Kier alpha value is -3.44. The third-order valence-corrected chi connectivity index (χ3v) is 4.80. The summed E-state index contributed by atoms with van der Waals surface area (Å²) in [5.41, 5.74) is 2.57. The molecule has 1 aliphatic heterocycles. The molecule has 3 aromatic rings. The molecule has 2 N–H and O–H groups in total. The highest BCUT2D eigenvalue weighted by molar-refractivity contribution is 5.54. The average molecular weight is 374 g/mol. The molecule has 0 radical (unpaired) electrons. The number of benzene rings is 1. The van der Waals surface area contributed by atoms with E-state index in [9.17, 15) is 0 Å². The van der Waals surface area contributed by atoms with Crippen LogP contribution in [0.1, 0.15) is 19.0 Å². The Morgan fingerprint density at radius 2 is 1.93 bits per heavy atom. The van der Waals surface area contributed by atoms with Gasteiger partial charge < -0.3 is 20.1 Å². The second-order valence-electron chi connectivity index (χ2n) is 6.70. The van der Waals surface area contributed by atoms with Crippen molar-refractivity contribution in [3.05, 3.63) is 54.9 Å². The van der Waals surface area contributed by atoms with Gasteiger partial charge in [0.2, 0.25) is 0 Å². The Balaban J connectivity index is 1.41. The number of hydrogen-bond acceptors (Lipinski definition) is 7. The monoisotopic (exact) mass is 374 g/mol. The van der Waals surface area contributed by atoms with E-state index in [0.717, 1.165) is 25.3 Å². The van der Waals surface area contributed by atoms with E-state index < -0.39 is 0 Å². The Morgan fingerprint density at radius 1 is 1.11 bits per heavy atom.